The van der Waals surface area contributed by atoms with E-state index >= 15 is 0 Å². The summed E-state index contributed by atoms with van der Waals surface area (Å²) in [5.41, 5.74) is 8.39. The summed E-state index contributed by atoms with van der Waals surface area (Å²) in [6, 6.07) is 5.72. The lowest BCUT2D eigenvalue weighted by atomic mass is 10.2. The number of hydrogen-bond acceptors (Lipinski definition) is 4. The summed E-state index contributed by atoms with van der Waals surface area (Å²) >= 11 is 0. The lowest BCUT2D eigenvalue weighted by Gasteiger charge is -2.18. The van der Waals surface area contributed by atoms with Crippen molar-refractivity contribution in [2.75, 3.05) is 25.4 Å². The zero-order valence-electron chi connectivity index (χ0n) is 12.3. The molecule has 0 radical (unpaired) electrons. The Morgan fingerprint density at radius 3 is 2.70 bits per heavy atom. The molecule has 0 aliphatic heterocycles. The minimum absolute atomic E-state index is 0.0418. The maximum atomic E-state index is 9.46. The fourth-order valence-electron chi connectivity index (χ4n) is 2.56. The number of rotatable bonds is 7. The second kappa shape index (κ2) is 6.72. The van der Waals surface area contributed by atoms with Crippen molar-refractivity contribution in [3.63, 3.8) is 0 Å². The molecule has 0 bridgehead atoms. The SMILES string of the molecule is CCN(CC)CCCn1c(CO)nc2cc(N)ccc21. The smallest absolute Gasteiger partial charge is 0.135 e. The fraction of sp³-hybridized carbons (Fsp3) is 0.533. The summed E-state index contributed by atoms with van der Waals surface area (Å²) in [5, 5.41) is 9.46. The van der Waals surface area contributed by atoms with E-state index in [-0.39, 0.29) is 6.61 Å². The number of aliphatic hydroxyl groups excluding tert-OH is 1. The zero-order chi connectivity index (χ0) is 14.5. The predicted octanol–water partition coefficient (Wildman–Crippen LogP) is 1.84. The molecule has 3 N–H and O–H groups in total. The van der Waals surface area contributed by atoms with Crippen molar-refractivity contribution in [3.8, 4) is 0 Å². The van der Waals surface area contributed by atoms with Crippen LogP contribution in [0, 0.1) is 0 Å². The van der Waals surface area contributed by atoms with Crippen molar-refractivity contribution >= 4 is 16.7 Å². The van der Waals surface area contributed by atoms with E-state index in [0.29, 0.717) is 11.5 Å². The lowest BCUT2D eigenvalue weighted by Crippen LogP contribution is -2.25. The van der Waals surface area contributed by atoms with Crippen LogP contribution in [0.1, 0.15) is 26.1 Å². The van der Waals surface area contributed by atoms with Crippen LogP contribution in [0.2, 0.25) is 0 Å². The summed E-state index contributed by atoms with van der Waals surface area (Å²) in [6.07, 6.45) is 1.05. The molecular formula is C15H24N4O. The molecule has 0 atom stereocenters. The van der Waals surface area contributed by atoms with Crippen molar-refractivity contribution in [1.82, 2.24) is 14.5 Å². The summed E-state index contributed by atoms with van der Waals surface area (Å²) in [4.78, 5) is 6.85. The molecule has 20 heavy (non-hydrogen) atoms. The first-order chi connectivity index (χ1) is 9.69. The highest BCUT2D eigenvalue weighted by molar-refractivity contribution is 5.79. The Morgan fingerprint density at radius 2 is 2.05 bits per heavy atom. The Labute approximate surface area is 120 Å². The molecule has 0 aliphatic rings. The van der Waals surface area contributed by atoms with Crippen LogP contribution >= 0.6 is 0 Å². The van der Waals surface area contributed by atoms with Gasteiger partial charge in [-0.25, -0.2) is 4.98 Å². The van der Waals surface area contributed by atoms with Gasteiger partial charge in [0.25, 0.3) is 0 Å². The van der Waals surface area contributed by atoms with E-state index in [4.69, 9.17) is 5.73 Å². The highest BCUT2D eigenvalue weighted by Gasteiger charge is 2.10. The summed E-state index contributed by atoms with van der Waals surface area (Å²) in [6.45, 7) is 8.39. The van der Waals surface area contributed by atoms with E-state index in [9.17, 15) is 5.11 Å². The number of anilines is 1. The molecule has 0 unspecified atom stereocenters. The van der Waals surface area contributed by atoms with Crippen LogP contribution in [-0.2, 0) is 13.2 Å². The molecule has 5 heteroatoms. The Balaban J connectivity index is 2.15. The predicted molar refractivity (Wildman–Crippen MR) is 82.5 cm³/mol. The third kappa shape index (κ3) is 3.11. The molecule has 0 aliphatic carbocycles. The van der Waals surface area contributed by atoms with E-state index in [1.165, 1.54) is 0 Å². The number of imidazole rings is 1. The monoisotopic (exact) mass is 276 g/mol. The van der Waals surface area contributed by atoms with Crippen LogP contribution in [0.25, 0.3) is 11.0 Å². The molecule has 2 aromatic rings. The first kappa shape index (κ1) is 14.8. The van der Waals surface area contributed by atoms with Gasteiger partial charge in [-0.15, -0.1) is 0 Å². The molecule has 110 valence electrons. The van der Waals surface area contributed by atoms with Crippen LogP contribution in [0.15, 0.2) is 18.2 Å². The number of nitrogens with zero attached hydrogens (tertiary/aromatic N) is 3. The quantitative estimate of drug-likeness (QED) is 0.757. The Morgan fingerprint density at radius 1 is 1.30 bits per heavy atom. The molecule has 1 aromatic carbocycles. The number of aryl methyl sites for hydroxylation is 1. The molecule has 1 aromatic heterocycles. The van der Waals surface area contributed by atoms with Gasteiger partial charge in [0.05, 0.1) is 11.0 Å². The minimum Gasteiger partial charge on any atom is -0.399 e. The zero-order valence-corrected chi connectivity index (χ0v) is 12.3. The Kier molecular flexibility index (Phi) is 4.98. The largest absolute Gasteiger partial charge is 0.399 e. The van der Waals surface area contributed by atoms with Crippen molar-refractivity contribution in [2.24, 2.45) is 0 Å². The molecule has 0 amide bonds. The first-order valence-electron chi connectivity index (χ1n) is 7.27. The standard InChI is InChI=1S/C15H24N4O/c1-3-18(4-2)8-5-9-19-14-7-6-12(16)10-13(14)17-15(19)11-20/h6-7,10,20H,3-5,8-9,11,16H2,1-2H3. The van der Waals surface area contributed by atoms with Gasteiger partial charge in [0.1, 0.15) is 12.4 Å². The molecule has 0 saturated carbocycles. The topological polar surface area (TPSA) is 67.3 Å². The van der Waals surface area contributed by atoms with Gasteiger partial charge in [0.2, 0.25) is 0 Å². The minimum atomic E-state index is -0.0418. The van der Waals surface area contributed by atoms with Gasteiger partial charge in [0.15, 0.2) is 0 Å². The molecule has 0 spiro atoms. The molecular weight excluding hydrogens is 252 g/mol. The van der Waals surface area contributed by atoms with Crippen molar-refractivity contribution in [1.29, 1.82) is 0 Å². The number of aliphatic hydroxyl groups is 1. The van der Waals surface area contributed by atoms with Gasteiger partial charge in [-0.05, 0) is 44.3 Å². The van der Waals surface area contributed by atoms with Gasteiger partial charge >= 0.3 is 0 Å². The van der Waals surface area contributed by atoms with Crippen LogP contribution in [0.3, 0.4) is 0 Å². The Bertz CT molecular complexity index is 560. The number of nitrogen functional groups attached to an aromatic ring is 1. The van der Waals surface area contributed by atoms with E-state index in [0.717, 1.165) is 43.6 Å². The van der Waals surface area contributed by atoms with Gasteiger partial charge < -0.3 is 20.3 Å². The van der Waals surface area contributed by atoms with Gasteiger partial charge in [0, 0.05) is 12.2 Å². The van der Waals surface area contributed by atoms with Crippen molar-refractivity contribution in [2.45, 2.75) is 33.4 Å². The molecule has 5 nitrogen and oxygen atoms in total. The van der Waals surface area contributed by atoms with Gasteiger partial charge in [-0.2, -0.15) is 0 Å². The number of benzene rings is 1. The summed E-state index contributed by atoms with van der Waals surface area (Å²) in [5.74, 6) is 0.713. The summed E-state index contributed by atoms with van der Waals surface area (Å²) < 4.78 is 2.10. The number of nitrogens with two attached hydrogens (primary N) is 1. The van der Waals surface area contributed by atoms with Crippen molar-refractivity contribution in [3.05, 3.63) is 24.0 Å². The van der Waals surface area contributed by atoms with Crippen LogP contribution in [0.5, 0.6) is 0 Å². The molecule has 1 heterocycles. The summed E-state index contributed by atoms with van der Waals surface area (Å²) in [7, 11) is 0. The van der Waals surface area contributed by atoms with Gasteiger partial charge in [-0.3, -0.25) is 0 Å². The van der Waals surface area contributed by atoms with E-state index in [1.807, 2.05) is 18.2 Å². The number of aromatic nitrogens is 2. The highest BCUT2D eigenvalue weighted by Crippen LogP contribution is 2.19. The highest BCUT2D eigenvalue weighted by atomic mass is 16.3. The number of hydrogen-bond donors (Lipinski definition) is 2. The fourth-order valence-corrected chi connectivity index (χ4v) is 2.56. The maximum absolute atomic E-state index is 9.46. The molecule has 0 fully saturated rings. The second-order valence-corrected chi connectivity index (χ2v) is 4.97. The average Bonchev–Trinajstić information content (AvgIpc) is 2.80. The number of fused-ring (bicyclic) bond motifs is 1. The van der Waals surface area contributed by atoms with Crippen LogP contribution < -0.4 is 5.73 Å². The van der Waals surface area contributed by atoms with Crippen LogP contribution in [-0.4, -0.2) is 39.2 Å². The van der Waals surface area contributed by atoms with Gasteiger partial charge in [-0.1, -0.05) is 13.8 Å². The molecule has 2 rings (SSSR count). The Hall–Kier alpha value is -1.59. The molecule has 0 saturated heterocycles. The van der Waals surface area contributed by atoms with Crippen molar-refractivity contribution < 1.29 is 5.11 Å². The lowest BCUT2D eigenvalue weighted by molar-refractivity contribution is 0.261. The third-order valence-corrected chi connectivity index (χ3v) is 3.74. The second-order valence-electron chi connectivity index (χ2n) is 4.97. The first-order valence-corrected chi connectivity index (χ1v) is 7.27. The maximum Gasteiger partial charge on any atom is 0.135 e. The third-order valence-electron chi connectivity index (χ3n) is 3.74. The van der Waals surface area contributed by atoms with Crippen LogP contribution in [0.4, 0.5) is 5.69 Å². The average molecular weight is 276 g/mol. The van der Waals surface area contributed by atoms with E-state index < -0.39 is 0 Å². The van der Waals surface area contributed by atoms with E-state index in [1.54, 1.807) is 0 Å². The van der Waals surface area contributed by atoms with E-state index in [2.05, 4.69) is 28.3 Å². The normalized spacial score (nSPS) is 11.6.